The number of carboxylic acid groups (broad SMARTS) is 1. The molecule has 0 fully saturated rings. The SMILES string of the molecule is CC(=O)c1cccc2nc3c(C(=O)O)cccc3nc12. The van der Waals surface area contributed by atoms with Gasteiger partial charge >= 0.3 is 5.97 Å². The van der Waals surface area contributed by atoms with Gasteiger partial charge in [-0.05, 0) is 31.2 Å². The zero-order valence-electron chi connectivity index (χ0n) is 10.6. The van der Waals surface area contributed by atoms with Crippen molar-refractivity contribution in [1.82, 2.24) is 9.97 Å². The number of Topliss-reactive ketones (excluding diaryl/α,β-unsaturated/α-hetero) is 1. The first-order valence-electron chi connectivity index (χ1n) is 6.01. The number of rotatable bonds is 2. The molecule has 1 aromatic heterocycles. The summed E-state index contributed by atoms with van der Waals surface area (Å²) in [4.78, 5) is 31.6. The Morgan fingerprint density at radius 1 is 0.900 bits per heavy atom. The monoisotopic (exact) mass is 266 g/mol. The van der Waals surface area contributed by atoms with E-state index in [4.69, 9.17) is 0 Å². The molecule has 3 rings (SSSR count). The molecule has 0 saturated heterocycles. The first-order chi connectivity index (χ1) is 9.58. The van der Waals surface area contributed by atoms with Crippen molar-refractivity contribution in [2.75, 3.05) is 0 Å². The van der Waals surface area contributed by atoms with Crippen molar-refractivity contribution >= 4 is 33.8 Å². The summed E-state index contributed by atoms with van der Waals surface area (Å²) in [5.41, 5.74) is 2.39. The Hall–Kier alpha value is -2.82. The summed E-state index contributed by atoms with van der Waals surface area (Å²) in [5, 5.41) is 9.18. The molecular formula is C15H10N2O3. The van der Waals surface area contributed by atoms with Gasteiger partial charge in [0.25, 0.3) is 0 Å². The van der Waals surface area contributed by atoms with Crippen LogP contribution in [-0.4, -0.2) is 26.8 Å². The van der Waals surface area contributed by atoms with Crippen molar-refractivity contribution < 1.29 is 14.7 Å². The highest BCUT2D eigenvalue weighted by molar-refractivity contribution is 6.08. The number of aromatic carboxylic acids is 1. The van der Waals surface area contributed by atoms with Gasteiger partial charge in [0.15, 0.2) is 5.78 Å². The molecule has 1 heterocycles. The fourth-order valence-corrected chi connectivity index (χ4v) is 2.18. The van der Waals surface area contributed by atoms with Crippen LogP contribution < -0.4 is 0 Å². The molecule has 1 N–H and O–H groups in total. The minimum atomic E-state index is -1.05. The van der Waals surface area contributed by atoms with E-state index in [1.54, 1.807) is 30.3 Å². The van der Waals surface area contributed by atoms with Crippen molar-refractivity contribution in [2.45, 2.75) is 6.92 Å². The third-order valence-corrected chi connectivity index (χ3v) is 3.10. The predicted octanol–water partition coefficient (Wildman–Crippen LogP) is 2.68. The number of ketones is 1. The molecular weight excluding hydrogens is 256 g/mol. The van der Waals surface area contributed by atoms with Gasteiger partial charge < -0.3 is 5.11 Å². The van der Waals surface area contributed by atoms with Gasteiger partial charge in [-0.3, -0.25) is 4.79 Å². The molecule has 0 aliphatic heterocycles. The largest absolute Gasteiger partial charge is 0.478 e. The maximum Gasteiger partial charge on any atom is 0.337 e. The molecule has 0 atom stereocenters. The fraction of sp³-hybridized carbons (Fsp3) is 0.0667. The minimum absolute atomic E-state index is 0.0985. The van der Waals surface area contributed by atoms with Crippen molar-refractivity contribution in [3.63, 3.8) is 0 Å². The molecule has 0 bridgehead atoms. The Labute approximate surface area is 113 Å². The number of carbonyl (C=O) groups is 2. The molecule has 0 spiro atoms. The Bertz CT molecular complexity index is 798. The highest BCUT2D eigenvalue weighted by Gasteiger charge is 2.13. The number of fused-ring (bicyclic) bond motifs is 2. The van der Waals surface area contributed by atoms with Gasteiger partial charge in [0.2, 0.25) is 0 Å². The zero-order chi connectivity index (χ0) is 14.3. The van der Waals surface area contributed by atoms with E-state index in [9.17, 15) is 14.7 Å². The Morgan fingerprint density at radius 3 is 1.90 bits per heavy atom. The number of hydrogen-bond donors (Lipinski definition) is 1. The maximum absolute atomic E-state index is 11.6. The summed E-state index contributed by atoms with van der Waals surface area (Å²) in [6.45, 7) is 1.47. The zero-order valence-corrected chi connectivity index (χ0v) is 10.6. The van der Waals surface area contributed by atoms with E-state index in [0.717, 1.165) is 0 Å². The highest BCUT2D eigenvalue weighted by atomic mass is 16.4. The van der Waals surface area contributed by atoms with Crippen LogP contribution in [0.2, 0.25) is 0 Å². The Balaban J connectivity index is 2.46. The standard InChI is InChI=1S/C15H10N2O3/c1-8(18)9-4-2-6-11-13(9)16-12-7-3-5-10(15(19)20)14(12)17-11/h2-7H,1H3,(H,19,20). The van der Waals surface area contributed by atoms with Crippen LogP contribution in [-0.2, 0) is 0 Å². The number of para-hydroxylation sites is 2. The third kappa shape index (κ3) is 1.80. The van der Waals surface area contributed by atoms with Gasteiger partial charge in [0, 0.05) is 5.56 Å². The second-order valence-electron chi connectivity index (χ2n) is 4.43. The Morgan fingerprint density at radius 2 is 1.40 bits per heavy atom. The maximum atomic E-state index is 11.6. The van der Waals surface area contributed by atoms with Crippen LogP contribution in [0.15, 0.2) is 36.4 Å². The van der Waals surface area contributed by atoms with Crippen molar-refractivity contribution in [1.29, 1.82) is 0 Å². The molecule has 0 aliphatic carbocycles. The lowest BCUT2D eigenvalue weighted by atomic mass is 10.1. The minimum Gasteiger partial charge on any atom is -0.478 e. The summed E-state index contributed by atoms with van der Waals surface area (Å²) in [7, 11) is 0. The number of carbonyl (C=O) groups excluding carboxylic acids is 1. The summed E-state index contributed by atoms with van der Waals surface area (Å²) in [6.07, 6.45) is 0. The van der Waals surface area contributed by atoms with E-state index in [1.165, 1.54) is 13.0 Å². The van der Waals surface area contributed by atoms with E-state index < -0.39 is 5.97 Å². The number of benzene rings is 2. The molecule has 0 saturated carbocycles. The molecule has 98 valence electrons. The second kappa shape index (κ2) is 4.38. The summed E-state index contributed by atoms with van der Waals surface area (Å²) < 4.78 is 0. The number of hydrogen-bond acceptors (Lipinski definition) is 4. The normalized spacial score (nSPS) is 10.8. The molecule has 20 heavy (non-hydrogen) atoms. The summed E-state index contributed by atoms with van der Waals surface area (Å²) in [5.74, 6) is -1.15. The van der Waals surface area contributed by atoms with E-state index in [2.05, 4.69) is 9.97 Å². The van der Waals surface area contributed by atoms with Gasteiger partial charge in [-0.2, -0.15) is 0 Å². The average Bonchev–Trinajstić information content (AvgIpc) is 2.43. The van der Waals surface area contributed by atoms with Crippen LogP contribution in [0.3, 0.4) is 0 Å². The topological polar surface area (TPSA) is 80.2 Å². The lowest BCUT2D eigenvalue weighted by Gasteiger charge is -2.06. The van der Waals surface area contributed by atoms with Crippen molar-refractivity contribution in [3.8, 4) is 0 Å². The van der Waals surface area contributed by atoms with Crippen LogP contribution in [0, 0.1) is 0 Å². The van der Waals surface area contributed by atoms with Gasteiger partial charge in [0.05, 0.1) is 16.6 Å². The molecule has 5 heteroatoms. The molecule has 5 nitrogen and oxygen atoms in total. The average molecular weight is 266 g/mol. The van der Waals surface area contributed by atoms with Gasteiger partial charge in [-0.15, -0.1) is 0 Å². The van der Waals surface area contributed by atoms with Crippen molar-refractivity contribution in [2.24, 2.45) is 0 Å². The highest BCUT2D eigenvalue weighted by Crippen LogP contribution is 2.22. The summed E-state index contributed by atoms with van der Waals surface area (Å²) in [6, 6.07) is 9.90. The van der Waals surface area contributed by atoms with Crippen LogP contribution in [0.1, 0.15) is 27.6 Å². The van der Waals surface area contributed by atoms with E-state index >= 15 is 0 Å². The Kier molecular flexibility index (Phi) is 2.68. The predicted molar refractivity (Wildman–Crippen MR) is 74.0 cm³/mol. The number of carboxylic acids is 1. The second-order valence-corrected chi connectivity index (χ2v) is 4.43. The van der Waals surface area contributed by atoms with Crippen LogP contribution in [0.4, 0.5) is 0 Å². The number of nitrogens with zero attached hydrogens (tertiary/aromatic N) is 2. The fourth-order valence-electron chi connectivity index (χ4n) is 2.18. The van der Waals surface area contributed by atoms with E-state index in [0.29, 0.717) is 27.6 Å². The first-order valence-corrected chi connectivity index (χ1v) is 6.01. The molecule has 0 radical (unpaired) electrons. The number of aromatic nitrogens is 2. The van der Waals surface area contributed by atoms with Crippen molar-refractivity contribution in [3.05, 3.63) is 47.5 Å². The lowest BCUT2D eigenvalue weighted by Crippen LogP contribution is -2.02. The lowest BCUT2D eigenvalue weighted by molar-refractivity contribution is 0.0698. The smallest absolute Gasteiger partial charge is 0.337 e. The van der Waals surface area contributed by atoms with E-state index in [1.807, 2.05) is 0 Å². The van der Waals surface area contributed by atoms with Crippen LogP contribution in [0.25, 0.3) is 22.1 Å². The summed E-state index contributed by atoms with van der Waals surface area (Å²) >= 11 is 0. The van der Waals surface area contributed by atoms with E-state index in [-0.39, 0.29) is 11.3 Å². The quantitative estimate of drug-likeness (QED) is 0.569. The third-order valence-electron chi connectivity index (χ3n) is 3.10. The molecule has 0 amide bonds. The first kappa shape index (κ1) is 12.2. The van der Waals surface area contributed by atoms with Crippen LogP contribution >= 0.6 is 0 Å². The molecule has 3 aromatic rings. The van der Waals surface area contributed by atoms with Gasteiger partial charge in [0.1, 0.15) is 11.0 Å². The van der Waals surface area contributed by atoms with Crippen LogP contribution in [0.5, 0.6) is 0 Å². The van der Waals surface area contributed by atoms with Gasteiger partial charge in [-0.25, -0.2) is 14.8 Å². The molecule has 2 aromatic carbocycles. The van der Waals surface area contributed by atoms with Gasteiger partial charge in [-0.1, -0.05) is 12.1 Å². The molecule has 0 aliphatic rings. The molecule has 0 unspecified atom stereocenters.